The van der Waals surface area contributed by atoms with Gasteiger partial charge >= 0.3 is 0 Å². The number of hydrogen-bond donors (Lipinski definition) is 0. The zero-order valence-electron chi connectivity index (χ0n) is 9.93. The number of carbonyl (C=O) groups excluding carboxylic acids is 1. The lowest BCUT2D eigenvalue weighted by Crippen LogP contribution is -2.36. The van der Waals surface area contributed by atoms with Crippen molar-refractivity contribution in [3.8, 4) is 0 Å². The summed E-state index contributed by atoms with van der Waals surface area (Å²) < 4.78 is 0. The summed E-state index contributed by atoms with van der Waals surface area (Å²) in [6.45, 7) is 1.42. The van der Waals surface area contributed by atoms with Gasteiger partial charge in [0.1, 0.15) is 0 Å². The molecule has 2 aliphatic rings. The Morgan fingerprint density at radius 2 is 2.06 bits per heavy atom. The minimum atomic E-state index is 0.307. The molecule has 0 aromatic carbocycles. The summed E-state index contributed by atoms with van der Waals surface area (Å²) in [5, 5.41) is 8.56. The number of nitrogens with zero attached hydrogens (tertiary/aromatic N) is 3. The van der Waals surface area contributed by atoms with E-state index in [-0.39, 0.29) is 0 Å². The van der Waals surface area contributed by atoms with Crippen LogP contribution in [0.25, 0.3) is 0 Å². The van der Waals surface area contributed by atoms with E-state index in [0.717, 1.165) is 24.5 Å². The normalized spacial score (nSPS) is 21.4. The van der Waals surface area contributed by atoms with Gasteiger partial charge in [-0.25, -0.2) is 0 Å². The molecular formula is C13H17N3O. The minimum Gasteiger partial charge on any atom is -0.348 e. The molecule has 1 aromatic rings. The molecule has 1 aromatic heterocycles. The first-order valence-corrected chi connectivity index (χ1v) is 6.43. The quantitative estimate of drug-likeness (QED) is 0.780. The Balaban J connectivity index is 1.72. The molecule has 17 heavy (non-hydrogen) atoms. The Hall–Kier alpha value is -1.45. The van der Waals surface area contributed by atoms with E-state index < -0.39 is 0 Å². The van der Waals surface area contributed by atoms with E-state index >= 15 is 0 Å². The van der Waals surface area contributed by atoms with Crippen LogP contribution in [0, 0.1) is 0 Å². The fourth-order valence-corrected chi connectivity index (χ4v) is 2.46. The van der Waals surface area contributed by atoms with Gasteiger partial charge in [0.05, 0.1) is 12.2 Å². The van der Waals surface area contributed by atoms with Crippen molar-refractivity contribution >= 4 is 11.6 Å². The Morgan fingerprint density at radius 3 is 2.65 bits per heavy atom. The van der Waals surface area contributed by atoms with Crippen molar-refractivity contribution in [2.45, 2.75) is 38.0 Å². The summed E-state index contributed by atoms with van der Waals surface area (Å²) in [5.74, 6) is 1.78. The van der Waals surface area contributed by atoms with Gasteiger partial charge < -0.3 is 4.90 Å². The van der Waals surface area contributed by atoms with Crippen LogP contribution in [0.5, 0.6) is 0 Å². The number of aromatic nitrogens is 2. The van der Waals surface area contributed by atoms with Crippen LogP contribution in [0.4, 0.5) is 5.82 Å². The lowest BCUT2D eigenvalue weighted by molar-refractivity contribution is -0.118. The van der Waals surface area contributed by atoms with Crippen LogP contribution < -0.4 is 4.90 Å². The van der Waals surface area contributed by atoms with E-state index in [1.807, 2.05) is 11.0 Å². The third kappa shape index (κ3) is 2.16. The van der Waals surface area contributed by atoms with Crippen molar-refractivity contribution in [1.29, 1.82) is 0 Å². The number of anilines is 1. The van der Waals surface area contributed by atoms with Gasteiger partial charge in [-0.3, -0.25) is 4.79 Å². The molecule has 1 saturated heterocycles. The van der Waals surface area contributed by atoms with Crippen molar-refractivity contribution in [3.05, 3.63) is 17.8 Å². The van der Waals surface area contributed by atoms with Gasteiger partial charge in [-0.15, -0.1) is 5.10 Å². The van der Waals surface area contributed by atoms with E-state index in [1.54, 1.807) is 0 Å². The Morgan fingerprint density at radius 1 is 1.18 bits per heavy atom. The topological polar surface area (TPSA) is 46.1 Å². The van der Waals surface area contributed by atoms with Crippen molar-refractivity contribution in [3.63, 3.8) is 0 Å². The number of rotatable bonds is 2. The highest BCUT2D eigenvalue weighted by Crippen LogP contribution is 2.35. The van der Waals surface area contributed by atoms with E-state index in [1.165, 1.54) is 19.3 Å². The average Bonchev–Trinajstić information content (AvgIpc) is 2.28. The number of piperidine rings is 1. The summed E-state index contributed by atoms with van der Waals surface area (Å²) in [6, 6.07) is 4.09. The van der Waals surface area contributed by atoms with Crippen LogP contribution in [0.1, 0.15) is 43.7 Å². The predicted molar refractivity (Wildman–Crippen MR) is 65.1 cm³/mol. The van der Waals surface area contributed by atoms with Crippen LogP contribution in [0.15, 0.2) is 12.1 Å². The van der Waals surface area contributed by atoms with Gasteiger partial charge in [-0.1, -0.05) is 6.42 Å². The fraction of sp³-hybridized carbons (Fsp3) is 0.615. The lowest BCUT2D eigenvalue weighted by Gasteiger charge is -2.27. The fourth-order valence-electron chi connectivity index (χ4n) is 2.46. The van der Waals surface area contributed by atoms with Crippen LogP contribution in [-0.4, -0.2) is 29.1 Å². The highest BCUT2D eigenvalue weighted by atomic mass is 16.1. The van der Waals surface area contributed by atoms with Gasteiger partial charge in [0.2, 0.25) is 0 Å². The number of ketones is 1. The Bertz CT molecular complexity index is 411. The van der Waals surface area contributed by atoms with Crippen molar-refractivity contribution in [2.24, 2.45) is 0 Å². The molecule has 1 saturated carbocycles. The van der Waals surface area contributed by atoms with Crippen LogP contribution in [0.2, 0.25) is 0 Å². The molecule has 0 amide bonds. The summed E-state index contributed by atoms with van der Waals surface area (Å²) >= 11 is 0. The first-order valence-electron chi connectivity index (χ1n) is 6.43. The summed E-state index contributed by atoms with van der Waals surface area (Å²) in [7, 11) is 0. The zero-order valence-corrected chi connectivity index (χ0v) is 9.93. The molecule has 0 N–H and O–H groups in total. The van der Waals surface area contributed by atoms with Gasteiger partial charge in [-0.05, 0) is 31.4 Å². The number of hydrogen-bond acceptors (Lipinski definition) is 4. The second-order valence-electron chi connectivity index (χ2n) is 5.01. The largest absolute Gasteiger partial charge is 0.348 e. The molecule has 0 radical (unpaired) electrons. The van der Waals surface area contributed by atoms with Crippen LogP contribution in [-0.2, 0) is 4.79 Å². The second kappa shape index (κ2) is 4.43. The van der Waals surface area contributed by atoms with E-state index in [9.17, 15) is 4.79 Å². The molecule has 2 heterocycles. The van der Waals surface area contributed by atoms with Crippen molar-refractivity contribution < 1.29 is 4.79 Å². The van der Waals surface area contributed by atoms with Gasteiger partial charge in [0.25, 0.3) is 0 Å². The number of carbonyl (C=O) groups is 1. The smallest absolute Gasteiger partial charge is 0.152 e. The number of Topliss-reactive ketones (excluding diaryl/α,β-unsaturated/α-hetero) is 1. The predicted octanol–water partition coefficient (Wildman–Crippen LogP) is 1.91. The highest BCUT2D eigenvalue weighted by molar-refractivity contribution is 5.84. The first-order chi connectivity index (χ1) is 8.33. The summed E-state index contributed by atoms with van der Waals surface area (Å²) in [5.41, 5.74) is 1.11. The SMILES string of the molecule is O=C1CCCN(c2ccc(C3CCC3)nn2)C1. The average molecular weight is 231 g/mol. The van der Waals surface area contributed by atoms with Crippen LogP contribution >= 0.6 is 0 Å². The molecule has 4 heteroatoms. The molecule has 2 fully saturated rings. The maximum atomic E-state index is 11.4. The third-order valence-electron chi connectivity index (χ3n) is 3.77. The summed E-state index contributed by atoms with van der Waals surface area (Å²) in [6.07, 6.45) is 5.45. The van der Waals surface area contributed by atoms with Crippen molar-refractivity contribution in [2.75, 3.05) is 18.0 Å². The standard InChI is InChI=1S/C13H17N3O/c17-11-5-2-8-16(9-11)13-7-6-12(14-15-13)10-3-1-4-10/h6-7,10H,1-5,8-9H2. The van der Waals surface area contributed by atoms with Crippen molar-refractivity contribution in [1.82, 2.24) is 10.2 Å². The Labute approximate surface area is 101 Å². The summed E-state index contributed by atoms with van der Waals surface area (Å²) in [4.78, 5) is 13.4. The van der Waals surface area contributed by atoms with E-state index in [2.05, 4.69) is 16.3 Å². The molecule has 3 rings (SSSR count). The lowest BCUT2D eigenvalue weighted by atomic mass is 9.83. The first kappa shape index (κ1) is 10.7. The molecular weight excluding hydrogens is 214 g/mol. The molecule has 1 aliphatic carbocycles. The van der Waals surface area contributed by atoms with E-state index in [4.69, 9.17) is 0 Å². The molecule has 0 unspecified atom stereocenters. The molecule has 0 bridgehead atoms. The molecule has 1 aliphatic heterocycles. The molecule has 4 nitrogen and oxygen atoms in total. The zero-order chi connectivity index (χ0) is 11.7. The highest BCUT2D eigenvalue weighted by Gasteiger charge is 2.22. The van der Waals surface area contributed by atoms with Gasteiger partial charge in [0.15, 0.2) is 11.6 Å². The monoisotopic (exact) mass is 231 g/mol. The van der Waals surface area contributed by atoms with Gasteiger partial charge in [0, 0.05) is 18.9 Å². The molecule has 0 spiro atoms. The molecule has 0 atom stereocenters. The Kier molecular flexibility index (Phi) is 2.79. The maximum Gasteiger partial charge on any atom is 0.152 e. The third-order valence-corrected chi connectivity index (χ3v) is 3.77. The van der Waals surface area contributed by atoms with E-state index in [0.29, 0.717) is 24.7 Å². The van der Waals surface area contributed by atoms with Gasteiger partial charge in [-0.2, -0.15) is 5.10 Å². The second-order valence-corrected chi connectivity index (χ2v) is 5.01. The van der Waals surface area contributed by atoms with Crippen LogP contribution in [0.3, 0.4) is 0 Å². The maximum absolute atomic E-state index is 11.4. The molecule has 90 valence electrons. The minimum absolute atomic E-state index is 0.307.